The molecule has 0 atom stereocenters. The largest absolute Gasteiger partial charge is 0.450 e. The Morgan fingerprint density at radius 2 is 2.00 bits per heavy atom. The summed E-state index contributed by atoms with van der Waals surface area (Å²) in [6.07, 6.45) is 1.04. The first-order valence-corrected chi connectivity index (χ1v) is 6.60. The normalized spacial score (nSPS) is 17.6. The van der Waals surface area contributed by atoms with Gasteiger partial charge in [-0.25, -0.2) is 4.79 Å². The van der Waals surface area contributed by atoms with Gasteiger partial charge in [0.25, 0.3) is 0 Å². The fourth-order valence-electron chi connectivity index (χ4n) is 2.51. The Kier molecular flexibility index (Phi) is 4.06. The van der Waals surface area contributed by atoms with Gasteiger partial charge >= 0.3 is 6.09 Å². The molecule has 0 aliphatic carbocycles. The number of carbonyl (C=O) groups excluding carboxylic acids is 1. The lowest BCUT2D eigenvalue weighted by Gasteiger charge is -2.37. The number of carbonyl (C=O) groups is 1. The van der Waals surface area contributed by atoms with Gasteiger partial charge in [-0.1, -0.05) is 30.3 Å². The minimum absolute atomic E-state index is 0.276. The third-order valence-electron chi connectivity index (χ3n) is 3.68. The molecule has 1 aromatic carbocycles. The molecule has 0 spiro atoms. The van der Waals surface area contributed by atoms with Crippen LogP contribution in [-0.4, -0.2) is 30.7 Å². The molecule has 1 amide bonds. The molecule has 0 bridgehead atoms. The zero-order chi connectivity index (χ0) is 13.7. The van der Waals surface area contributed by atoms with E-state index >= 15 is 0 Å². The van der Waals surface area contributed by atoms with Crippen molar-refractivity contribution in [3.8, 4) is 6.07 Å². The molecule has 0 radical (unpaired) electrons. The van der Waals surface area contributed by atoms with Crippen LogP contribution in [-0.2, 0) is 10.2 Å². The summed E-state index contributed by atoms with van der Waals surface area (Å²) in [5, 5.41) is 9.54. The van der Waals surface area contributed by atoms with E-state index in [9.17, 15) is 10.1 Å². The lowest BCUT2D eigenvalue weighted by atomic mass is 9.74. The van der Waals surface area contributed by atoms with Gasteiger partial charge in [-0.2, -0.15) is 5.26 Å². The van der Waals surface area contributed by atoms with Crippen molar-refractivity contribution in [1.82, 2.24) is 4.90 Å². The van der Waals surface area contributed by atoms with Crippen LogP contribution in [0.25, 0.3) is 0 Å². The van der Waals surface area contributed by atoms with Crippen molar-refractivity contribution < 1.29 is 9.53 Å². The molecule has 0 saturated carbocycles. The molecule has 1 saturated heterocycles. The van der Waals surface area contributed by atoms with Gasteiger partial charge in [0, 0.05) is 13.1 Å². The molecule has 19 heavy (non-hydrogen) atoms. The van der Waals surface area contributed by atoms with Crippen LogP contribution in [0.15, 0.2) is 30.3 Å². The van der Waals surface area contributed by atoms with Crippen LogP contribution < -0.4 is 0 Å². The van der Waals surface area contributed by atoms with E-state index in [1.54, 1.807) is 11.8 Å². The molecule has 1 heterocycles. The molecule has 2 rings (SSSR count). The van der Waals surface area contributed by atoms with Gasteiger partial charge in [0.15, 0.2) is 0 Å². The van der Waals surface area contributed by atoms with Gasteiger partial charge in [0.1, 0.15) is 0 Å². The Balaban J connectivity index is 2.09. The average Bonchev–Trinajstić information content (AvgIpc) is 2.48. The summed E-state index contributed by atoms with van der Waals surface area (Å²) in [5.41, 5.74) is 0.575. The van der Waals surface area contributed by atoms with E-state index in [1.165, 1.54) is 0 Å². The quantitative estimate of drug-likeness (QED) is 0.819. The van der Waals surface area contributed by atoms with Crippen molar-refractivity contribution in [1.29, 1.82) is 5.26 Å². The highest BCUT2D eigenvalue weighted by atomic mass is 16.6. The SMILES string of the molecule is CCOC(=O)N1CCC(C#N)(c2ccccc2)CC1. The van der Waals surface area contributed by atoms with Gasteiger partial charge in [-0.05, 0) is 25.3 Å². The van der Waals surface area contributed by atoms with Gasteiger partial charge in [-0.15, -0.1) is 0 Å². The van der Waals surface area contributed by atoms with E-state index < -0.39 is 5.41 Å². The lowest BCUT2D eigenvalue weighted by Crippen LogP contribution is -2.44. The maximum Gasteiger partial charge on any atom is 0.409 e. The van der Waals surface area contributed by atoms with E-state index in [0.29, 0.717) is 32.5 Å². The number of nitriles is 1. The third-order valence-corrected chi connectivity index (χ3v) is 3.68. The highest BCUT2D eigenvalue weighted by molar-refractivity contribution is 5.67. The Morgan fingerprint density at radius 1 is 1.37 bits per heavy atom. The van der Waals surface area contributed by atoms with Crippen LogP contribution in [0.1, 0.15) is 25.3 Å². The molecule has 1 aliphatic rings. The van der Waals surface area contributed by atoms with Crippen molar-refractivity contribution in [3.63, 3.8) is 0 Å². The number of nitrogens with zero attached hydrogens (tertiary/aromatic N) is 2. The van der Waals surface area contributed by atoms with E-state index in [1.807, 2.05) is 30.3 Å². The van der Waals surface area contributed by atoms with Gasteiger partial charge in [0.05, 0.1) is 18.1 Å². The van der Waals surface area contributed by atoms with Crippen LogP contribution in [0.2, 0.25) is 0 Å². The molecular weight excluding hydrogens is 240 g/mol. The standard InChI is InChI=1S/C15H18N2O2/c1-2-19-14(18)17-10-8-15(12-16,9-11-17)13-6-4-3-5-7-13/h3-7H,2,8-11H2,1H3. The molecule has 1 fully saturated rings. The Hall–Kier alpha value is -2.02. The number of amides is 1. The van der Waals surface area contributed by atoms with Crippen molar-refractivity contribution in [2.75, 3.05) is 19.7 Å². The van der Waals surface area contributed by atoms with Crippen molar-refractivity contribution in [3.05, 3.63) is 35.9 Å². The summed E-state index contributed by atoms with van der Waals surface area (Å²) in [6, 6.07) is 12.3. The fourth-order valence-corrected chi connectivity index (χ4v) is 2.51. The second-order valence-electron chi connectivity index (χ2n) is 4.75. The smallest absolute Gasteiger partial charge is 0.409 e. The maximum atomic E-state index is 11.7. The number of piperidine rings is 1. The molecule has 100 valence electrons. The minimum atomic E-state index is -0.468. The summed E-state index contributed by atoms with van der Waals surface area (Å²) < 4.78 is 4.99. The van der Waals surface area contributed by atoms with Crippen molar-refractivity contribution in [2.45, 2.75) is 25.2 Å². The first kappa shape index (κ1) is 13.4. The Morgan fingerprint density at radius 3 is 2.53 bits per heavy atom. The second-order valence-corrected chi connectivity index (χ2v) is 4.75. The van der Waals surface area contributed by atoms with E-state index in [4.69, 9.17) is 4.74 Å². The monoisotopic (exact) mass is 258 g/mol. The molecule has 1 aliphatic heterocycles. The summed E-state index contributed by atoms with van der Waals surface area (Å²) >= 11 is 0. The summed E-state index contributed by atoms with van der Waals surface area (Å²) in [7, 11) is 0. The van der Waals surface area contributed by atoms with Crippen molar-refractivity contribution in [2.24, 2.45) is 0 Å². The predicted octanol–water partition coefficient (Wildman–Crippen LogP) is 2.70. The summed E-state index contributed by atoms with van der Waals surface area (Å²) in [6.45, 7) is 3.32. The number of likely N-dealkylation sites (tertiary alicyclic amines) is 1. The van der Waals surface area contributed by atoms with Crippen molar-refractivity contribution >= 4 is 6.09 Å². The molecule has 0 aromatic heterocycles. The first-order chi connectivity index (χ1) is 9.22. The van der Waals surface area contributed by atoms with E-state index in [-0.39, 0.29) is 6.09 Å². The number of hydrogen-bond donors (Lipinski definition) is 0. The fraction of sp³-hybridized carbons (Fsp3) is 0.467. The molecule has 0 N–H and O–H groups in total. The van der Waals surface area contributed by atoms with Crippen LogP contribution in [0.4, 0.5) is 4.79 Å². The van der Waals surface area contributed by atoms with Crippen LogP contribution in [0.3, 0.4) is 0 Å². The second kappa shape index (κ2) is 5.75. The molecule has 4 nitrogen and oxygen atoms in total. The molecular formula is C15H18N2O2. The Bertz CT molecular complexity index is 471. The topological polar surface area (TPSA) is 53.3 Å². The molecule has 4 heteroatoms. The number of ether oxygens (including phenoxy) is 1. The van der Waals surface area contributed by atoms with Crippen LogP contribution in [0, 0.1) is 11.3 Å². The zero-order valence-electron chi connectivity index (χ0n) is 11.1. The average molecular weight is 258 g/mol. The molecule has 0 unspecified atom stereocenters. The van der Waals surface area contributed by atoms with Gasteiger partial charge in [-0.3, -0.25) is 0 Å². The highest BCUT2D eigenvalue weighted by Crippen LogP contribution is 2.34. The maximum absolute atomic E-state index is 11.7. The van der Waals surface area contributed by atoms with E-state index in [0.717, 1.165) is 5.56 Å². The minimum Gasteiger partial charge on any atom is -0.450 e. The van der Waals surface area contributed by atoms with Gasteiger partial charge in [0.2, 0.25) is 0 Å². The number of rotatable bonds is 2. The highest BCUT2D eigenvalue weighted by Gasteiger charge is 2.37. The third kappa shape index (κ3) is 2.70. The Labute approximate surface area is 113 Å². The summed E-state index contributed by atoms with van der Waals surface area (Å²) in [5.74, 6) is 0. The van der Waals surface area contributed by atoms with Crippen LogP contribution >= 0.6 is 0 Å². The summed E-state index contributed by atoms with van der Waals surface area (Å²) in [4.78, 5) is 13.3. The zero-order valence-corrected chi connectivity index (χ0v) is 11.1. The number of benzene rings is 1. The predicted molar refractivity (Wildman–Crippen MR) is 71.6 cm³/mol. The van der Waals surface area contributed by atoms with Crippen LogP contribution in [0.5, 0.6) is 0 Å². The number of hydrogen-bond acceptors (Lipinski definition) is 3. The van der Waals surface area contributed by atoms with Gasteiger partial charge < -0.3 is 9.64 Å². The first-order valence-electron chi connectivity index (χ1n) is 6.60. The molecule has 1 aromatic rings. The van der Waals surface area contributed by atoms with E-state index in [2.05, 4.69) is 6.07 Å². The lowest BCUT2D eigenvalue weighted by molar-refractivity contribution is 0.0922.